The summed E-state index contributed by atoms with van der Waals surface area (Å²) in [5.74, 6) is 0. The minimum Gasteiger partial charge on any atom is -0.375 e. The highest BCUT2D eigenvalue weighted by Gasteiger charge is 2.11. The van der Waals surface area contributed by atoms with Gasteiger partial charge in [0.15, 0.2) is 0 Å². The Morgan fingerprint density at radius 2 is 2.17 bits per heavy atom. The smallest absolute Gasteiger partial charge is 0.115 e. The van der Waals surface area contributed by atoms with E-state index in [1.54, 1.807) is 22.7 Å². The lowest BCUT2D eigenvalue weighted by Crippen LogP contribution is -2.06. The van der Waals surface area contributed by atoms with Crippen LogP contribution < -0.4 is 5.32 Å². The fourth-order valence-corrected chi connectivity index (χ4v) is 3.46. The van der Waals surface area contributed by atoms with Gasteiger partial charge in [-0.25, -0.2) is 4.98 Å². The van der Waals surface area contributed by atoms with Crippen LogP contribution in [-0.4, -0.2) is 9.97 Å². The predicted molar refractivity (Wildman–Crippen MR) is 78.5 cm³/mol. The average molecular weight is 275 g/mol. The van der Waals surface area contributed by atoms with Gasteiger partial charge in [-0.2, -0.15) is 0 Å². The molecule has 0 aliphatic rings. The molecule has 0 bridgehead atoms. The molecule has 92 valence electrons. The molecule has 0 aromatic carbocycles. The minimum atomic E-state index is 0.219. The van der Waals surface area contributed by atoms with E-state index in [4.69, 9.17) is 0 Å². The normalized spacial score (nSPS) is 12.8. The van der Waals surface area contributed by atoms with Crippen LogP contribution in [0.4, 0.5) is 5.69 Å². The maximum Gasteiger partial charge on any atom is 0.115 e. The monoisotopic (exact) mass is 275 g/mol. The molecule has 0 amide bonds. The summed E-state index contributed by atoms with van der Waals surface area (Å²) in [5.41, 5.74) is 2.18. The number of nitrogens with zero attached hydrogens (tertiary/aromatic N) is 2. The first kappa shape index (κ1) is 11.6. The molecular formula is C13H13N3S2. The van der Waals surface area contributed by atoms with Gasteiger partial charge in [0, 0.05) is 17.3 Å². The third-order valence-electron chi connectivity index (χ3n) is 2.73. The zero-order valence-corrected chi connectivity index (χ0v) is 11.8. The molecule has 0 saturated heterocycles. The van der Waals surface area contributed by atoms with Crippen LogP contribution in [0.5, 0.6) is 0 Å². The quantitative estimate of drug-likeness (QED) is 0.777. The highest BCUT2D eigenvalue weighted by atomic mass is 32.1. The molecule has 3 heterocycles. The Balaban J connectivity index is 1.90. The zero-order chi connectivity index (χ0) is 12.5. The number of thiazole rings is 1. The van der Waals surface area contributed by atoms with Crippen molar-refractivity contribution in [2.75, 3.05) is 5.32 Å². The number of rotatable bonds is 3. The molecule has 18 heavy (non-hydrogen) atoms. The highest BCUT2D eigenvalue weighted by molar-refractivity contribution is 7.17. The molecule has 0 aliphatic carbocycles. The largest absolute Gasteiger partial charge is 0.375 e. The Kier molecular flexibility index (Phi) is 3.01. The van der Waals surface area contributed by atoms with Crippen molar-refractivity contribution in [3.8, 4) is 0 Å². The lowest BCUT2D eigenvalue weighted by atomic mass is 10.3. The first-order chi connectivity index (χ1) is 8.74. The SMILES string of the molecule is Cc1cnc(C(C)Nc2ccnc3ccsc23)s1. The van der Waals surface area contributed by atoms with Crippen LogP contribution in [0.15, 0.2) is 29.9 Å². The molecule has 1 unspecified atom stereocenters. The van der Waals surface area contributed by atoms with Crippen LogP contribution in [0.3, 0.4) is 0 Å². The van der Waals surface area contributed by atoms with Crippen LogP contribution in [0.1, 0.15) is 22.9 Å². The van der Waals surface area contributed by atoms with Crippen molar-refractivity contribution in [1.82, 2.24) is 9.97 Å². The van der Waals surface area contributed by atoms with Crippen molar-refractivity contribution in [1.29, 1.82) is 0 Å². The summed E-state index contributed by atoms with van der Waals surface area (Å²) in [4.78, 5) is 10.0. The lowest BCUT2D eigenvalue weighted by molar-refractivity contribution is 0.871. The Morgan fingerprint density at radius 1 is 1.28 bits per heavy atom. The van der Waals surface area contributed by atoms with Crippen molar-refractivity contribution in [2.24, 2.45) is 0 Å². The van der Waals surface area contributed by atoms with Gasteiger partial charge in [0.1, 0.15) is 5.01 Å². The van der Waals surface area contributed by atoms with E-state index in [1.165, 1.54) is 9.58 Å². The fourth-order valence-electron chi connectivity index (χ4n) is 1.85. The molecule has 3 aromatic heterocycles. The standard InChI is InChI=1S/C13H13N3S2/c1-8-7-15-13(18-8)9(2)16-11-3-5-14-10-4-6-17-12(10)11/h3-7,9H,1-2H3,(H,14,16). The molecule has 0 fully saturated rings. The molecule has 3 nitrogen and oxygen atoms in total. The van der Waals surface area contributed by atoms with Gasteiger partial charge in [-0.1, -0.05) is 0 Å². The van der Waals surface area contributed by atoms with Crippen LogP contribution in [0.25, 0.3) is 10.2 Å². The van der Waals surface area contributed by atoms with Gasteiger partial charge in [-0.15, -0.1) is 22.7 Å². The topological polar surface area (TPSA) is 37.8 Å². The van der Waals surface area contributed by atoms with Gasteiger partial charge in [0.2, 0.25) is 0 Å². The number of nitrogens with one attached hydrogen (secondary N) is 1. The number of pyridine rings is 1. The summed E-state index contributed by atoms with van der Waals surface area (Å²) < 4.78 is 1.21. The van der Waals surface area contributed by atoms with Gasteiger partial charge < -0.3 is 5.32 Å². The maximum atomic E-state index is 4.42. The minimum absolute atomic E-state index is 0.219. The summed E-state index contributed by atoms with van der Waals surface area (Å²) in [6.45, 7) is 4.22. The average Bonchev–Trinajstić information content (AvgIpc) is 2.97. The summed E-state index contributed by atoms with van der Waals surface area (Å²) in [5, 5.41) is 6.71. The van der Waals surface area contributed by atoms with Gasteiger partial charge in [0.05, 0.1) is 21.9 Å². The number of hydrogen-bond acceptors (Lipinski definition) is 5. The zero-order valence-electron chi connectivity index (χ0n) is 10.2. The van der Waals surface area contributed by atoms with Gasteiger partial charge in [-0.05, 0) is 31.4 Å². The predicted octanol–water partition coefficient (Wildman–Crippen LogP) is 4.23. The van der Waals surface area contributed by atoms with Crippen molar-refractivity contribution in [3.63, 3.8) is 0 Å². The molecule has 0 radical (unpaired) electrons. The van der Waals surface area contributed by atoms with E-state index >= 15 is 0 Å². The molecule has 1 N–H and O–H groups in total. The molecular weight excluding hydrogens is 262 g/mol. The third-order valence-corrected chi connectivity index (χ3v) is 4.76. The molecule has 1 atom stereocenters. The van der Waals surface area contributed by atoms with Crippen molar-refractivity contribution in [2.45, 2.75) is 19.9 Å². The Hall–Kier alpha value is -1.46. The number of thiophene rings is 1. The van der Waals surface area contributed by atoms with Crippen molar-refractivity contribution < 1.29 is 0 Å². The first-order valence-corrected chi connectivity index (χ1v) is 7.45. The fraction of sp³-hybridized carbons (Fsp3) is 0.231. The van der Waals surface area contributed by atoms with E-state index in [2.05, 4.69) is 34.5 Å². The number of fused-ring (bicyclic) bond motifs is 1. The number of hydrogen-bond donors (Lipinski definition) is 1. The van der Waals surface area contributed by atoms with E-state index < -0.39 is 0 Å². The summed E-state index contributed by atoms with van der Waals surface area (Å²) in [6, 6.07) is 4.29. The second kappa shape index (κ2) is 4.66. The van der Waals surface area contributed by atoms with E-state index in [0.29, 0.717) is 0 Å². The van der Waals surface area contributed by atoms with Gasteiger partial charge in [0.25, 0.3) is 0 Å². The van der Waals surface area contributed by atoms with Crippen molar-refractivity contribution in [3.05, 3.63) is 39.8 Å². The Labute approximate surface area is 114 Å². The molecule has 0 aliphatic heterocycles. The third kappa shape index (κ3) is 2.11. The highest BCUT2D eigenvalue weighted by Crippen LogP contribution is 2.30. The molecule has 3 aromatic rings. The van der Waals surface area contributed by atoms with Crippen LogP contribution >= 0.6 is 22.7 Å². The number of aryl methyl sites for hydroxylation is 1. The first-order valence-electron chi connectivity index (χ1n) is 5.75. The number of anilines is 1. The van der Waals surface area contributed by atoms with E-state index in [0.717, 1.165) is 16.2 Å². The maximum absolute atomic E-state index is 4.42. The molecule has 5 heteroatoms. The van der Waals surface area contributed by atoms with Crippen LogP contribution in [0.2, 0.25) is 0 Å². The van der Waals surface area contributed by atoms with Crippen LogP contribution in [-0.2, 0) is 0 Å². The van der Waals surface area contributed by atoms with E-state index in [9.17, 15) is 0 Å². The number of aromatic nitrogens is 2. The Morgan fingerprint density at radius 3 is 2.94 bits per heavy atom. The molecule has 0 saturated carbocycles. The summed E-state index contributed by atoms with van der Waals surface area (Å²) in [6.07, 6.45) is 3.77. The van der Waals surface area contributed by atoms with E-state index in [-0.39, 0.29) is 6.04 Å². The second-order valence-corrected chi connectivity index (χ2v) is 6.35. The second-order valence-electron chi connectivity index (χ2n) is 4.17. The Bertz CT molecular complexity index is 671. The molecule has 3 rings (SSSR count). The van der Waals surface area contributed by atoms with Gasteiger partial charge in [-0.3, -0.25) is 4.98 Å². The molecule has 0 spiro atoms. The summed E-state index contributed by atoms with van der Waals surface area (Å²) in [7, 11) is 0. The van der Waals surface area contributed by atoms with Crippen LogP contribution in [0, 0.1) is 6.92 Å². The van der Waals surface area contributed by atoms with Crippen molar-refractivity contribution >= 4 is 38.6 Å². The van der Waals surface area contributed by atoms with Gasteiger partial charge >= 0.3 is 0 Å². The summed E-state index contributed by atoms with van der Waals surface area (Å²) >= 11 is 3.45. The van der Waals surface area contributed by atoms with E-state index in [1.807, 2.05) is 24.5 Å². The lowest BCUT2D eigenvalue weighted by Gasteiger charge is -2.13.